The first-order chi connectivity index (χ1) is 13.1. The highest BCUT2D eigenvalue weighted by atomic mass is 32.1. The smallest absolute Gasteiger partial charge is 0.309 e. The summed E-state index contributed by atoms with van der Waals surface area (Å²) in [6.45, 7) is 3.41. The van der Waals surface area contributed by atoms with Gasteiger partial charge in [0, 0.05) is 24.5 Å². The Bertz CT molecular complexity index is 741. The van der Waals surface area contributed by atoms with Crippen LogP contribution in [0.1, 0.15) is 29.2 Å². The summed E-state index contributed by atoms with van der Waals surface area (Å²) < 4.78 is 12.8. The number of nitrogens with one attached hydrogen (secondary N) is 2. The number of thiophene rings is 1. The van der Waals surface area contributed by atoms with E-state index >= 15 is 0 Å². The second kappa shape index (κ2) is 9.62. The monoisotopic (exact) mass is 389 g/mol. The van der Waals surface area contributed by atoms with Crippen molar-refractivity contribution in [2.45, 2.75) is 25.3 Å². The van der Waals surface area contributed by atoms with Gasteiger partial charge >= 0.3 is 11.8 Å². The molecule has 5 nitrogen and oxygen atoms in total. The van der Waals surface area contributed by atoms with Gasteiger partial charge in [0.2, 0.25) is 0 Å². The number of nitrogens with zero attached hydrogens (tertiary/aromatic N) is 1. The van der Waals surface area contributed by atoms with Gasteiger partial charge in [-0.2, -0.15) is 0 Å². The minimum absolute atomic E-state index is 0.197. The van der Waals surface area contributed by atoms with Gasteiger partial charge in [0.1, 0.15) is 5.82 Å². The third kappa shape index (κ3) is 5.87. The molecular weight excluding hydrogens is 365 g/mol. The maximum absolute atomic E-state index is 12.8. The van der Waals surface area contributed by atoms with Gasteiger partial charge in [-0.25, -0.2) is 4.39 Å². The van der Waals surface area contributed by atoms with Crippen LogP contribution < -0.4 is 10.6 Å². The van der Waals surface area contributed by atoms with E-state index in [9.17, 15) is 14.0 Å². The van der Waals surface area contributed by atoms with E-state index in [0.717, 1.165) is 38.0 Å². The Labute approximate surface area is 162 Å². The number of amides is 2. The van der Waals surface area contributed by atoms with Crippen molar-refractivity contribution in [2.75, 3.05) is 26.2 Å². The topological polar surface area (TPSA) is 61.4 Å². The first-order valence-electron chi connectivity index (χ1n) is 9.18. The average Bonchev–Trinajstić information content (AvgIpc) is 3.22. The van der Waals surface area contributed by atoms with E-state index in [2.05, 4.69) is 33.0 Å². The van der Waals surface area contributed by atoms with Crippen molar-refractivity contribution in [2.24, 2.45) is 0 Å². The number of likely N-dealkylation sites (tertiary alicyclic amines) is 1. The molecule has 1 aliphatic rings. The van der Waals surface area contributed by atoms with E-state index < -0.39 is 11.8 Å². The average molecular weight is 389 g/mol. The van der Waals surface area contributed by atoms with Crippen LogP contribution in [0.3, 0.4) is 0 Å². The molecule has 1 saturated heterocycles. The van der Waals surface area contributed by atoms with Crippen LogP contribution in [0.2, 0.25) is 0 Å². The molecule has 144 valence electrons. The van der Waals surface area contributed by atoms with Crippen molar-refractivity contribution in [3.8, 4) is 0 Å². The summed E-state index contributed by atoms with van der Waals surface area (Å²) in [5.74, 6) is -0.989. The molecule has 0 saturated carbocycles. The molecule has 27 heavy (non-hydrogen) atoms. The van der Waals surface area contributed by atoms with Crippen LogP contribution in [0.4, 0.5) is 4.39 Å². The molecule has 0 unspecified atom stereocenters. The largest absolute Gasteiger partial charge is 0.347 e. The molecule has 0 atom stereocenters. The highest BCUT2D eigenvalue weighted by Gasteiger charge is 2.21. The van der Waals surface area contributed by atoms with Crippen molar-refractivity contribution in [3.63, 3.8) is 0 Å². The van der Waals surface area contributed by atoms with E-state index in [1.54, 1.807) is 12.1 Å². The lowest BCUT2D eigenvalue weighted by Crippen LogP contribution is -2.44. The number of hydrogen-bond donors (Lipinski definition) is 2. The molecule has 1 aromatic carbocycles. The molecule has 7 heteroatoms. The fourth-order valence-electron chi connectivity index (χ4n) is 3.24. The molecular formula is C20H24FN3O2S. The zero-order valence-corrected chi connectivity index (χ0v) is 15.9. The van der Waals surface area contributed by atoms with Crippen LogP contribution in [-0.2, 0) is 16.1 Å². The molecule has 2 amide bonds. The molecule has 1 aliphatic heterocycles. The Morgan fingerprint density at radius 1 is 1.07 bits per heavy atom. The minimum atomic E-state index is -0.671. The number of carbonyl (C=O) groups excluding carboxylic acids is 2. The molecule has 0 bridgehead atoms. The van der Waals surface area contributed by atoms with Crippen molar-refractivity contribution in [3.05, 3.63) is 58.0 Å². The van der Waals surface area contributed by atoms with Crippen LogP contribution in [0, 0.1) is 5.82 Å². The molecule has 0 spiro atoms. The predicted molar refractivity (Wildman–Crippen MR) is 104 cm³/mol. The molecule has 0 radical (unpaired) electrons. The third-order valence-corrected chi connectivity index (χ3v) is 5.85. The molecule has 0 aliphatic carbocycles. The first-order valence-corrected chi connectivity index (χ1v) is 10.1. The van der Waals surface area contributed by atoms with Crippen LogP contribution in [0.25, 0.3) is 0 Å². The van der Waals surface area contributed by atoms with Crippen LogP contribution in [-0.4, -0.2) is 42.9 Å². The highest BCUT2D eigenvalue weighted by molar-refractivity contribution is 7.10. The van der Waals surface area contributed by atoms with Crippen molar-refractivity contribution < 1.29 is 14.0 Å². The zero-order valence-electron chi connectivity index (χ0n) is 15.1. The number of rotatable bonds is 6. The third-order valence-electron chi connectivity index (χ3n) is 4.82. The Morgan fingerprint density at radius 3 is 2.44 bits per heavy atom. The molecule has 2 aromatic rings. The lowest BCUT2D eigenvalue weighted by atomic mass is 9.95. The van der Waals surface area contributed by atoms with Crippen LogP contribution in [0.5, 0.6) is 0 Å². The van der Waals surface area contributed by atoms with Gasteiger partial charge in [0.15, 0.2) is 0 Å². The number of benzene rings is 1. The summed E-state index contributed by atoms with van der Waals surface area (Å²) in [5.41, 5.74) is 0.742. The number of piperidine rings is 1. The lowest BCUT2D eigenvalue weighted by molar-refractivity contribution is -0.139. The maximum atomic E-state index is 12.8. The van der Waals surface area contributed by atoms with E-state index in [1.807, 2.05) is 11.3 Å². The number of hydrogen-bond acceptors (Lipinski definition) is 4. The zero-order chi connectivity index (χ0) is 19.1. The van der Waals surface area contributed by atoms with E-state index in [0.29, 0.717) is 12.5 Å². The highest BCUT2D eigenvalue weighted by Crippen LogP contribution is 2.30. The fraction of sp³-hybridized carbons (Fsp3) is 0.400. The summed E-state index contributed by atoms with van der Waals surface area (Å²) in [5, 5.41) is 7.33. The summed E-state index contributed by atoms with van der Waals surface area (Å²) >= 11 is 1.82. The SMILES string of the molecule is O=C(NCCN1CCC(c2cccs2)CC1)C(=O)NCc1ccc(F)cc1. The molecule has 2 heterocycles. The number of halogens is 1. The predicted octanol–water partition coefficient (Wildman–Crippen LogP) is 2.50. The Balaban J connectivity index is 1.31. The van der Waals surface area contributed by atoms with Crippen LogP contribution in [0.15, 0.2) is 41.8 Å². The summed E-state index contributed by atoms with van der Waals surface area (Å²) in [6, 6.07) is 10.1. The van der Waals surface area contributed by atoms with Gasteiger partial charge in [-0.15, -0.1) is 11.3 Å². The van der Waals surface area contributed by atoms with Gasteiger partial charge in [0.25, 0.3) is 0 Å². The quantitative estimate of drug-likeness (QED) is 0.747. The normalized spacial score (nSPS) is 15.4. The Hall–Kier alpha value is -2.25. The first kappa shape index (κ1) is 19.5. The van der Waals surface area contributed by atoms with E-state index in [-0.39, 0.29) is 12.4 Å². The molecule has 2 N–H and O–H groups in total. The van der Waals surface area contributed by atoms with E-state index in [4.69, 9.17) is 0 Å². The second-order valence-corrected chi connectivity index (χ2v) is 7.68. The molecule has 3 rings (SSSR count). The van der Waals surface area contributed by atoms with Crippen LogP contribution >= 0.6 is 11.3 Å². The number of carbonyl (C=O) groups is 2. The van der Waals surface area contributed by atoms with Crippen molar-refractivity contribution in [1.29, 1.82) is 0 Å². The fourth-order valence-corrected chi connectivity index (χ4v) is 4.14. The maximum Gasteiger partial charge on any atom is 0.309 e. The van der Waals surface area contributed by atoms with Crippen molar-refractivity contribution >= 4 is 23.2 Å². The van der Waals surface area contributed by atoms with Gasteiger partial charge in [-0.1, -0.05) is 18.2 Å². The summed E-state index contributed by atoms with van der Waals surface area (Å²) in [4.78, 5) is 27.5. The van der Waals surface area contributed by atoms with Gasteiger partial charge in [-0.05, 0) is 61.0 Å². The Morgan fingerprint density at radius 2 is 1.78 bits per heavy atom. The minimum Gasteiger partial charge on any atom is -0.347 e. The molecule has 1 fully saturated rings. The lowest BCUT2D eigenvalue weighted by Gasteiger charge is -2.31. The second-order valence-electron chi connectivity index (χ2n) is 6.70. The summed E-state index contributed by atoms with van der Waals surface area (Å²) in [7, 11) is 0. The summed E-state index contributed by atoms with van der Waals surface area (Å²) in [6.07, 6.45) is 2.26. The van der Waals surface area contributed by atoms with Crippen molar-refractivity contribution in [1.82, 2.24) is 15.5 Å². The van der Waals surface area contributed by atoms with E-state index in [1.165, 1.54) is 17.0 Å². The Kier molecular flexibility index (Phi) is 6.95. The van der Waals surface area contributed by atoms with Gasteiger partial charge in [-0.3, -0.25) is 9.59 Å². The van der Waals surface area contributed by atoms with Gasteiger partial charge in [0.05, 0.1) is 0 Å². The standard InChI is InChI=1S/C20H24FN3O2S/c21-17-5-3-15(4-6-17)14-23-20(26)19(25)22-9-12-24-10-7-16(8-11-24)18-2-1-13-27-18/h1-6,13,16H,7-12,14H2,(H,22,25)(H,23,26). The molecule has 1 aromatic heterocycles. The van der Waals surface area contributed by atoms with Gasteiger partial charge < -0.3 is 15.5 Å².